The predicted molar refractivity (Wildman–Crippen MR) is 127 cm³/mol. The first kappa shape index (κ1) is 22.7. The number of hydrogen-bond donors (Lipinski definition) is 1. The van der Waals surface area contributed by atoms with Crippen LogP contribution in [0, 0.1) is 10.1 Å². The molecule has 3 aromatic carbocycles. The monoisotopic (exact) mass is 458 g/mol. The highest BCUT2D eigenvalue weighted by Crippen LogP contribution is 2.44. The van der Waals surface area contributed by atoms with Crippen molar-refractivity contribution in [2.45, 2.75) is 5.92 Å². The zero-order valence-corrected chi connectivity index (χ0v) is 18.4. The Morgan fingerprint density at radius 1 is 1.03 bits per heavy atom. The molecule has 0 unspecified atom stereocenters. The lowest BCUT2D eigenvalue weighted by atomic mass is 9.98. The van der Waals surface area contributed by atoms with Crippen LogP contribution in [-0.2, 0) is 9.47 Å². The summed E-state index contributed by atoms with van der Waals surface area (Å²) in [7, 11) is 1.21. The lowest BCUT2D eigenvalue weighted by Crippen LogP contribution is -2.26. The quantitative estimate of drug-likeness (QED) is 0.305. The summed E-state index contributed by atoms with van der Waals surface area (Å²) in [5.74, 6) is -0.694. The number of nitrogens with one attached hydrogen (secondary N) is 1. The van der Waals surface area contributed by atoms with Gasteiger partial charge >= 0.3 is 12.1 Å². The van der Waals surface area contributed by atoms with Crippen molar-refractivity contribution in [1.82, 2.24) is 5.32 Å². The van der Waals surface area contributed by atoms with Crippen LogP contribution in [-0.4, -0.2) is 37.2 Å². The van der Waals surface area contributed by atoms with Crippen molar-refractivity contribution in [3.8, 4) is 11.1 Å². The first-order valence-electron chi connectivity index (χ1n) is 10.6. The number of benzene rings is 3. The molecule has 0 radical (unpaired) electrons. The number of ether oxygens (including phenoxy) is 2. The Hall–Kier alpha value is -4.46. The minimum atomic E-state index is -0.657. The first-order chi connectivity index (χ1) is 16.5. The average Bonchev–Trinajstić information content (AvgIpc) is 3.18. The fourth-order valence-electron chi connectivity index (χ4n) is 4.07. The smallest absolute Gasteiger partial charge is 0.407 e. The Morgan fingerprint density at radius 2 is 1.68 bits per heavy atom. The van der Waals surface area contributed by atoms with Crippen molar-refractivity contribution in [1.29, 1.82) is 0 Å². The molecule has 0 atom stereocenters. The molecule has 0 fully saturated rings. The van der Waals surface area contributed by atoms with E-state index in [1.54, 1.807) is 6.08 Å². The van der Waals surface area contributed by atoms with Crippen molar-refractivity contribution < 1.29 is 24.0 Å². The van der Waals surface area contributed by atoms with Crippen molar-refractivity contribution in [2.75, 3.05) is 20.3 Å². The third-order valence-corrected chi connectivity index (χ3v) is 5.65. The summed E-state index contributed by atoms with van der Waals surface area (Å²) in [5, 5.41) is 14.0. The highest BCUT2D eigenvalue weighted by molar-refractivity contribution is 5.90. The number of fused-ring (bicyclic) bond motifs is 3. The summed E-state index contributed by atoms with van der Waals surface area (Å²) in [5.41, 5.74) is 4.69. The topological polar surface area (TPSA) is 108 Å². The molecule has 0 aliphatic heterocycles. The van der Waals surface area contributed by atoms with Gasteiger partial charge in [0.25, 0.3) is 5.69 Å². The molecular weight excluding hydrogens is 436 g/mol. The molecular formula is C26H22N2O6. The van der Waals surface area contributed by atoms with Gasteiger partial charge in [0, 0.05) is 18.5 Å². The normalized spacial score (nSPS) is 12.1. The molecule has 3 aromatic rings. The number of nitrogens with zero attached hydrogens (tertiary/aromatic N) is 1. The van der Waals surface area contributed by atoms with E-state index in [0.29, 0.717) is 5.56 Å². The van der Waals surface area contributed by atoms with Gasteiger partial charge in [0.05, 0.1) is 23.2 Å². The molecule has 0 saturated carbocycles. The van der Waals surface area contributed by atoms with Crippen LogP contribution in [0.2, 0.25) is 0 Å². The van der Waals surface area contributed by atoms with E-state index >= 15 is 0 Å². The van der Waals surface area contributed by atoms with Crippen LogP contribution >= 0.6 is 0 Å². The molecule has 0 spiro atoms. The second kappa shape index (κ2) is 9.99. The molecule has 0 aromatic heterocycles. The molecule has 172 valence electrons. The standard InChI is InChI=1S/C26H22N2O6/c1-33-25(29)18-13-12-17(24(15-18)28(31)32)7-6-14-27-26(30)34-16-23-21-10-4-2-8-19(21)20-9-3-5-11-22(20)23/h2-13,15,23H,14,16H2,1H3,(H,27,30). The Labute approximate surface area is 196 Å². The van der Waals surface area contributed by atoms with Gasteiger partial charge in [-0.1, -0.05) is 60.7 Å². The largest absolute Gasteiger partial charge is 0.465 e. The summed E-state index contributed by atoms with van der Waals surface area (Å²) in [4.78, 5) is 34.6. The summed E-state index contributed by atoms with van der Waals surface area (Å²) in [6.45, 7) is 0.316. The summed E-state index contributed by atoms with van der Waals surface area (Å²) in [6.07, 6.45) is 2.49. The van der Waals surface area contributed by atoms with E-state index in [1.165, 1.54) is 25.3 Å². The second-order valence-electron chi connectivity index (χ2n) is 7.63. The number of carbonyl (C=O) groups is 2. The lowest BCUT2D eigenvalue weighted by molar-refractivity contribution is -0.385. The summed E-state index contributed by atoms with van der Waals surface area (Å²) < 4.78 is 10.1. The van der Waals surface area contributed by atoms with Crippen molar-refractivity contribution in [3.05, 3.63) is 105 Å². The van der Waals surface area contributed by atoms with Crippen LogP contribution in [0.5, 0.6) is 0 Å². The molecule has 1 aliphatic rings. The lowest BCUT2D eigenvalue weighted by Gasteiger charge is -2.14. The number of amides is 1. The van der Waals surface area contributed by atoms with Gasteiger partial charge in [-0.15, -0.1) is 0 Å². The maximum absolute atomic E-state index is 12.2. The molecule has 1 aliphatic carbocycles. The maximum atomic E-state index is 12.2. The number of hydrogen-bond acceptors (Lipinski definition) is 6. The van der Waals surface area contributed by atoms with E-state index < -0.39 is 17.0 Å². The first-order valence-corrected chi connectivity index (χ1v) is 10.6. The molecule has 0 bridgehead atoms. The molecule has 34 heavy (non-hydrogen) atoms. The van der Waals surface area contributed by atoms with Crippen LogP contribution in [0.4, 0.5) is 10.5 Å². The molecule has 8 heteroatoms. The Kier molecular flexibility index (Phi) is 6.68. The zero-order valence-electron chi connectivity index (χ0n) is 18.4. The highest BCUT2D eigenvalue weighted by Gasteiger charge is 2.28. The SMILES string of the molecule is COC(=O)c1ccc(C=CCNC(=O)OCC2c3ccccc3-c3ccccc32)c([N+](=O)[O-])c1. The molecule has 8 nitrogen and oxygen atoms in total. The summed E-state index contributed by atoms with van der Waals surface area (Å²) in [6, 6.07) is 20.2. The van der Waals surface area contributed by atoms with Gasteiger partial charge in [0.1, 0.15) is 6.61 Å². The molecule has 1 N–H and O–H groups in total. The minimum absolute atomic E-state index is 0.0373. The van der Waals surface area contributed by atoms with Gasteiger partial charge in [0.15, 0.2) is 0 Å². The number of esters is 1. The molecule has 0 saturated heterocycles. The van der Waals surface area contributed by atoms with Crippen molar-refractivity contribution in [2.24, 2.45) is 0 Å². The van der Waals surface area contributed by atoms with Gasteiger partial charge < -0.3 is 14.8 Å². The van der Waals surface area contributed by atoms with Gasteiger partial charge in [-0.25, -0.2) is 9.59 Å². The van der Waals surface area contributed by atoms with E-state index in [-0.39, 0.29) is 30.3 Å². The van der Waals surface area contributed by atoms with Crippen LogP contribution in [0.3, 0.4) is 0 Å². The molecule has 1 amide bonds. The number of rotatable bonds is 7. The van der Waals surface area contributed by atoms with Crippen molar-refractivity contribution in [3.63, 3.8) is 0 Å². The number of nitro benzene ring substituents is 1. The van der Waals surface area contributed by atoms with Gasteiger partial charge in [-0.3, -0.25) is 10.1 Å². The Morgan fingerprint density at radius 3 is 2.29 bits per heavy atom. The van der Waals surface area contributed by atoms with Crippen LogP contribution in [0.1, 0.15) is 33.0 Å². The van der Waals surface area contributed by atoms with E-state index in [9.17, 15) is 19.7 Å². The number of carbonyl (C=O) groups excluding carboxylic acids is 2. The highest BCUT2D eigenvalue weighted by atomic mass is 16.6. The fourth-order valence-corrected chi connectivity index (χ4v) is 4.07. The van der Waals surface area contributed by atoms with Gasteiger partial charge in [-0.05, 0) is 34.4 Å². The van der Waals surface area contributed by atoms with Crippen LogP contribution in [0.25, 0.3) is 17.2 Å². The maximum Gasteiger partial charge on any atom is 0.407 e. The third-order valence-electron chi connectivity index (χ3n) is 5.65. The van der Waals surface area contributed by atoms with Gasteiger partial charge in [0.2, 0.25) is 0 Å². The minimum Gasteiger partial charge on any atom is -0.465 e. The van der Waals surface area contributed by atoms with Crippen LogP contribution in [0.15, 0.2) is 72.8 Å². The Balaban J connectivity index is 1.35. The van der Waals surface area contributed by atoms with E-state index in [2.05, 4.69) is 22.2 Å². The average molecular weight is 458 g/mol. The van der Waals surface area contributed by atoms with E-state index in [0.717, 1.165) is 28.3 Å². The number of methoxy groups -OCH3 is 1. The van der Waals surface area contributed by atoms with Crippen LogP contribution < -0.4 is 5.32 Å². The number of alkyl carbamates (subject to hydrolysis) is 1. The van der Waals surface area contributed by atoms with Gasteiger partial charge in [-0.2, -0.15) is 0 Å². The zero-order chi connectivity index (χ0) is 24.1. The molecule has 0 heterocycles. The molecule has 4 rings (SSSR count). The number of nitro groups is 1. The summed E-state index contributed by atoms with van der Waals surface area (Å²) >= 11 is 0. The predicted octanol–water partition coefficient (Wildman–Crippen LogP) is 4.93. The fraction of sp³-hybridized carbons (Fsp3) is 0.154. The van der Waals surface area contributed by atoms with E-state index in [4.69, 9.17) is 4.74 Å². The van der Waals surface area contributed by atoms with E-state index in [1.807, 2.05) is 36.4 Å². The third kappa shape index (κ3) is 4.66. The Bertz CT molecular complexity index is 1240. The van der Waals surface area contributed by atoms with Crippen molar-refractivity contribution >= 4 is 23.8 Å². The second-order valence-corrected chi connectivity index (χ2v) is 7.63.